The van der Waals surface area contributed by atoms with Crippen LogP contribution in [0, 0.1) is 11.8 Å². The molecule has 0 spiro atoms. The number of aliphatic hydroxyl groups is 1. The van der Waals surface area contributed by atoms with E-state index in [1.165, 1.54) is 0 Å². The van der Waals surface area contributed by atoms with Gasteiger partial charge in [-0.25, -0.2) is 0 Å². The van der Waals surface area contributed by atoms with Gasteiger partial charge in [-0.15, -0.1) is 0 Å². The van der Waals surface area contributed by atoms with Crippen LogP contribution in [0.25, 0.3) is 0 Å². The number of carbonyl (C=O) groups excluding carboxylic acids is 2. The Morgan fingerprint density at radius 2 is 1.71 bits per heavy atom. The topological polar surface area (TPSA) is 79.3 Å². The first kappa shape index (κ1) is 19.1. The molecule has 2 fully saturated rings. The summed E-state index contributed by atoms with van der Waals surface area (Å²) in [5.41, 5.74) is 0.915. The van der Waals surface area contributed by atoms with Crippen LogP contribution in [0.5, 0.6) is 0 Å². The van der Waals surface area contributed by atoms with Gasteiger partial charge in [0.15, 0.2) is 0 Å². The van der Waals surface area contributed by atoms with Crippen LogP contribution in [0.1, 0.15) is 5.56 Å². The third-order valence-electron chi connectivity index (χ3n) is 5.78. The fourth-order valence-corrected chi connectivity index (χ4v) is 4.25. The molecule has 1 amide bonds. The van der Waals surface area contributed by atoms with E-state index in [1.807, 2.05) is 47.4 Å². The van der Waals surface area contributed by atoms with Gasteiger partial charge in [0.1, 0.15) is 12.5 Å². The van der Waals surface area contributed by atoms with Crippen LogP contribution in [0.2, 0.25) is 0 Å². The molecule has 7 nitrogen and oxygen atoms in total. The molecule has 2 saturated heterocycles. The first-order chi connectivity index (χ1) is 13.7. The summed E-state index contributed by atoms with van der Waals surface area (Å²) in [5.74, 6) is -1.54. The number of rotatable bonds is 6. The van der Waals surface area contributed by atoms with Crippen LogP contribution in [-0.4, -0.2) is 78.3 Å². The molecule has 0 saturated carbocycles. The lowest BCUT2D eigenvalue weighted by Crippen LogP contribution is -2.53. The smallest absolute Gasteiger partial charge is 0.313 e. The third-order valence-corrected chi connectivity index (χ3v) is 5.78. The predicted molar refractivity (Wildman–Crippen MR) is 101 cm³/mol. The van der Waals surface area contributed by atoms with E-state index in [0.717, 1.165) is 18.7 Å². The van der Waals surface area contributed by atoms with Crippen molar-refractivity contribution in [3.05, 3.63) is 48.0 Å². The zero-order valence-electron chi connectivity index (χ0n) is 15.8. The van der Waals surface area contributed by atoms with Crippen LogP contribution in [0.4, 0.5) is 0 Å². The van der Waals surface area contributed by atoms with E-state index < -0.39 is 17.9 Å². The molecule has 4 atom stereocenters. The molecule has 3 aliphatic heterocycles. The van der Waals surface area contributed by atoms with E-state index in [1.54, 1.807) is 0 Å². The van der Waals surface area contributed by atoms with Gasteiger partial charge >= 0.3 is 5.97 Å². The van der Waals surface area contributed by atoms with Crippen molar-refractivity contribution in [1.82, 2.24) is 9.80 Å². The minimum atomic E-state index is -0.596. The molecule has 3 aliphatic rings. The Morgan fingerprint density at radius 3 is 2.39 bits per heavy atom. The van der Waals surface area contributed by atoms with Crippen molar-refractivity contribution in [3.8, 4) is 0 Å². The number of piperazine rings is 1. The van der Waals surface area contributed by atoms with Gasteiger partial charge in [0, 0.05) is 32.7 Å². The average Bonchev–Trinajstić information content (AvgIpc) is 3.35. The Morgan fingerprint density at radius 1 is 1.04 bits per heavy atom. The number of β-amino-alcohol motifs (C(OH)–C–C–N with tert-alkyl or cyclic N) is 1. The SMILES string of the molecule is O=C(OCc1ccccc1)C1C(C(=O)N2CCN(CCO)CC2)[C@@H]2C=C[C@H]1O2. The minimum absolute atomic E-state index is 0.0397. The molecule has 7 heteroatoms. The van der Waals surface area contributed by atoms with E-state index in [2.05, 4.69) is 4.90 Å². The Hall–Kier alpha value is -2.22. The number of amides is 1. The number of nitrogens with zero attached hydrogens (tertiary/aromatic N) is 2. The highest BCUT2D eigenvalue weighted by atomic mass is 16.5. The molecular weight excluding hydrogens is 360 g/mol. The Kier molecular flexibility index (Phi) is 5.75. The second kappa shape index (κ2) is 8.43. The lowest BCUT2D eigenvalue weighted by molar-refractivity contribution is -0.156. The number of hydrogen-bond acceptors (Lipinski definition) is 6. The standard InChI is InChI=1S/C21H26N2O5/c24-13-12-22-8-10-23(11-9-22)20(25)18-16-6-7-17(28-16)19(18)21(26)27-14-15-4-2-1-3-5-15/h1-7,16-19,24H,8-14H2/t16-,17+,18?,19?/m0/s1. The number of carbonyl (C=O) groups is 2. The average molecular weight is 386 g/mol. The summed E-state index contributed by atoms with van der Waals surface area (Å²) in [6, 6.07) is 9.51. The van der Waals surface area contributed by atoms with Crippen LogP contribution in [-0.2, 0) is 25.7 Å². The van der Waals surface area contributed by atoms with E-state index in [-0.39, 0.29) is 31.2 Å². The predicted octanol–water partition coefficient (Wildman–Crippen LogP) is 0.436. The van der Waals surface area contributed by atoms with Gasteiger partial charge in [-0.2, -0.15) is 0 Å². The first-order valence-corrected chi connectivity index (χ1v) is 9.84. The van der Waals surface area contributed by atoms with Gasteiger partial charge in [0.25, 0.3) is 0 Å². The highest BCUT2D eigenvalue weighted by molar-refractivity contribution is 5.88. The highest BCUT2D eigenvalue weighted by Gasteiger charge is 2.54. The normalized spacial score (nSPS) is 29.2. The summed E-state index contributed by atoms with van der Waals surface area (Å²) in [6.45, 7) is 3.59. The molecule has 1 aromatic rings. The number of ether oxygens (including phenoxy) is 2. The number of fused-ring (bicyclic) bond motifs is 2. The van der Waals surface area contributed by atoms with Gasteiger partial charge in [0.05, 0.1) is 24.7 Å². The van der Waals surface area contributed by atoms with Crippen molar-refractivity contribution in [1.29, 1.82) is 0 Å². The Labute approximate surface area is 164 Å². The van der Waals surface area contributed by atoms with Gasteiger partial charge in [0.2, 0.25) is 5.91 Å². The van der Waals surface area contributed by atoms with Crippen molar-refractivity contribution in [2.24, 2.45) is 11.8 Å². The van der Waals surface area contributed by atoms with Crippen LogP contribution < -0.4 is 0 Å². The van der Waals surface area contributed by atoms with Crippen molar-refractivity contribution >= 4 is 11.9 Å². The molecule has 150 valence electrons. The molecule has 0 aliphatic carbocycles. The maximum absolute atomic E-state index is 13.2. The molecule has 4 rings (SSSR count). The van der Waals surface area contributed by atoms with E-state index in [4.69, 9.17) is 14.6 Å². The molecule has 2 bridgehead atoms. The summed E-state index contributed by atoms with van der Waals surface area (Å²) >= 11 is 0. The molecule has 2 unspecified atom stereocenters. The fourth-order valence-electron chi connectivity index (χ4n) is 4.25. The summed E-state index contributed by atoms with van der Waals surface area (Å²) in [5, 5.41) is 9.07. The molecule has 0 aromatic heterocycles. The van der Waals surface area contributed by atoms with Crippen molar-refractivity contribution in [2.75, 3.05) is 39.3 Å². The molecule has 28 heavy (non-hydrogen) atoms. The number of hydrogen-bond donors (Lipinski definition) is 1. The zero-order chi connectivity index (χ0) is 19.5. The van der Waals surface area contributed by atoms with Crippen LogP contribution >= 0.6 is 0 Å². The molecular formula is C21H26N2O5. The van der Waals surface area contributed by atoms with Crippen LogP contribution in [0.15, 0.2) is 42.5 Å². The molecule has 1 N–H and O–H groups in total. The van der Waals surface area contributed by atoms with Crippen LogP contribution in [0.3, 0.4) is 0 Å². The van der Waals surface area contributed by atoms with E-state index >= 15 is 0 Å². The largest absolute Gasteiger partial charge is 0.460 e. The molecule has 0 radical (unpaired) electrons. The van der Waals surface area contributed by atoms with Gasteiger partial charge < -0.3 is 19.5 Å². The maximum Gasteiger partial charge on any atom is 0.313 e. The quantitative estimate of drug-likeness (QED) is 0.565. The van der Waals surface area contributed by atoms with E-state index in [0.29, 0.717) is 19.6 Å². The highest BCUT2D eigenvalue weighted by Crippen LogP contribution is 2.41. The Bertz CT molecular complexity index is 730. The lowest BCUT2D eigenvalue weighted by Gasteiger charge is -2.37. The third kappa shape index (κ3) is 3.83. The van der Waals surface area contributed by atoms with Crippen molar-refractivity contribution < 1.29 is 24.2 Å². The number of benzene rings is 1. The zero-order valence-corrected chi connectivity index (χ0v) is 15.8. The summed E-state index contributed by atoms with van der Waals surface area (Å²) in [7, 11) is 0. The second-order valence-corrected chi connectivity index (χ2v) is 7.49. The van der Waals surface area contributed by atoms with Crippen molar-refractivity contribution in [3.63, 3.8) is 0 Å². The summed E-state index contributed by atoms with van der Waals surface area (Å²) < 4.78 is 11.4. The first-order valence-electron chi connectivity index (χ1n) is 9.84. The lowest BCUT2D eigenvalue weighted by atomic mass is 9.82. The number of aliphatic hydroxyl groups excluding tert-OH is 1. The fraction of sp³-hybridized carbons (Fsp3) is 0.524. The van der Waals surface area contributed by atoms with Gasteiger partial charge in [-0.1, -0.05) is 42.5 Å². The monoisotopic (exact) mass is 386 g/mol. The Balaban J connectivity index is 1.40. The minimum Gasteiger partial charge on any atom is -0.460 e. The van der Waals surface area contributed by atoms with Gasteiger partial charge in [-0.3, -0.25) is 14.5 Å². The number of esters is 1. The van der Waals surface area contributed by atoms with Crippen molar-refractivity contribution in [2.45, 2.75) is 18.8 Å². The molecule has 1 aromatic carbocycles. The second-order valence-electron chi connectivity index (χ2n) is 7.49. The van der Waals surface area contributed by atoms with E-state index in [9.17, 15) is 9.59 Å². The summed E-state index contributed by atoms with van der Waals surface area (Å²) in [6.07, 6.45) is 3.00. The summed E-state index contributed by atoms with van der Waals surface area (Å²) in [4.78, 5) is 29.9. The molecule has 3 heterocycles. The van der Waals surface area contributed by atoms with Gasteiger partial charge in [-0.05, 0) is 5.56 Å². The maximum atomic E-state index is 13.2.